The van der Waals surface area contributed by atoms with Gasteiger partial charge in [0.1, 0.15) is 0 Å². The molecule has 0 atom stereocenters. The van der Waals surface area contributed by atoms with Crippen LogP contribution in [0.1, 0.15) is 47.2 Å². The van der Waals surface area contributed by atoms with Crippen molar-refractivity contribution in [2.24, 2.45) is 5.73 Å². The molecule has 1 aliphatic carbocycles. The molecule has 2 rings (SSSR count). The van der Waals surface area contributed by atoms with E-state index < -0.39 is 0 Å². The van der Waals surface area contributed by atoms with Crippen molar-refractivity contribution in [3.05, 3.63) is 34.9 Å². The monoisotopic (exact) mass is 260 g/mol. The summed E-state index contributed by atoms with van der Waals surface area (Å²) in [6.45, 7) is 5.22. The van der Waals surface area contributed by atoms with Crippen molar-refractivity contribution in [1.29, 1.82) is 0 Å². The summed E-state index contributed by atoms with van der Waals surface area (Å²) < 4.78 is 0. The van der Waals surface area contributed by atoms with E-state index in [1.54, 1.807) is 0 Å². The summed E-state index contributed by atoms with van der Waals surface area (Å²) in [7, 11) is 0. The molecule has 3 nitrogen and oxygen atoms in total. The summed E-state index contributed by atoms with van der Waals surface area (Å²) in [5.74, 6) is 0.160. The van der Waals surface area contributed by atoms with Gasteiger partial charge in [-0.15, -0.1) is 0 Å². The molecular weight excluding hydrogens is 236 g/mol. The number of rotatable bonds is 4. The Morgan fingerprint density at radius 2 is 1.84 bits per heavy atom. The van der Waals surface area contributed by atoms with Gasteiger partial charge < -0.3 is 10.6 Å². The Bertz CT molecular complexity index is 430. The van der Waals surface area contributed by atoms with Crippen LogP contribution in [0.5, 0.6) is 0 Å². The van der Waals surface area contributed by atoms with Crippen LogP contribution in [0.15, 0.2) is 18.2 Å². The fourth-order valence-electron chi connectivity index (χ4n) is 3.10. The van der Waals surface area contributed by atoms with Gasteiger partial charge in [0.15, 0.2) is 0 Å². The van der Waals surface area contributed by atoms with Crippen molar-refractivity contribution >= 4 is 5.91 Å². The van der Waals surface area contributed by atoms with Gasteiger partial charge in [-0.05, 0) is 37.8 Å². The summed E-state index contributed by atoms with van der Waals surface area (Å²) >= 11 is 0. The first-order valence-corrected chi connectivity index (χ1v) is 7.22. The number of carbonyl (C=O) groups excluding carboxylic acids is 1. The van der Waals surface area contributed by atoms with Gasteiger partial charge in [0.05, 0.1) is 0 Å². The molecular formula is C16H24N2O. The summed E-state index contributed by atoms with van der Waals surface area (Å²) in [5.41, 5.74) is 8.68. The van der Waals surface area contributed by atoms with Crippen LogP contribution in [0.25, 0.3) is 0 Å². The van der Waals surface area contributed by atoms with Gasteiger partial charge in [-0.1, -0.05) is 31.0 Å². The van der Waals surface area contributed by atoms with Crippen molar-refractivity contribution in [2.75, 3.05) is 13.1 Å². The van der Waals surface area contributed by atoms with Gasteiger partial charge in [0, 0.05) is 24.7 Å². The lowest BCUT2D eigenvalue weighted by Crippen LogP contribution is -2.42. The van der Waals surface area contributed by atoms with E-state index in [-0.39, 0.29) is 5.91 Å². The van der Waals surface area contributed by atoms with Crippen LogP contribution in [0.3, 0.4) is 0 Å². The van der Waals surface area contributed by atoms with E-state index in [0.717, 1.165) is 29.5 Å². The fourth-order valence-corrected chi connectivity index (χ4v) is 3.10. The van der Waals surface area contributed by atoms with Crippen LogP contribution in [-0.4, -0.2) is 29.9 Å². The number of hydrogen-bond donors (Lipinski definition) is 1. The first kappa shape index (κ1) is 14.1. The molecule has 1 saturated carbocycles. The molecule has 0 heterocycles. The number of benzene rings is 1. The minimum atomic E-state index is 0.160. The number of carbonyl (C=O) groups is 1. The molecule has 1 amide bonds. The molecule has 1 aliphatic rings. The highest BCUT2D eigenvalue weighted by molar-refractivity contribution is 5.97. The summed E-state index contributed by atoms with van der Waals surface area (Å²) in [6, 6.07) is 6.41. The lowest BCUT2D eigenvalue weighted by Gasteiger charge is -2.29. The average molecular weight is 260 g/mol. The zero-order valence-electron chi connectivity index (χ0n) is 12.0. The second-order valence-electron chi connectivity index (χ2n) is 5.49. The van der Waals surface area contributed by atoms with Gasteiger partial charge >= 0.3 is 0 Å². The molecule has 19 heavy (non-hydrogen) atoms. The first-order valence-electron chi connectivity index (χ1n) is 7.22. The van der Waals surface area contributed by atoms with Crippen LogP contribution in [-0.2, 0) is 0 Å². The molecule has 0 unspecified atom stereocenters. The van der Waals surface area contributed by atoms with Gasteiger partial charge in [0.25, 0.3) is 5.91 Å². The van der Waals surface area contributed by atoms with E-state index in [4.69, 9.17) is 5.73 Å². The fraction of sp³-hybridized carbons (Fsp3) is 0.562. The lowest BCUT2D eigenvalue weighted by molar-refractivity contribution is 0.0686. The van der Waals surface area contributed by atoms with E-state index in [1.807, 2.05) is 36.9 Å². The van der Waals surface area contributed by atoms with Crippen LogP contribution in [0, 0.1) is 13.8 Å². The molecule has 104 valence electrons. The molecule has 0 bridgehead atoms. The predicted molar refractivity (Wildman–Crippen MR) is 78.3 cm³/mol. The van der Waals surface area contributed by atoms with Crippen LogP contribution in [0.4, 0.5) is 0 Å². The Morgan fingerprint density at radius 1 is 1.26 bits per heavy atom. The van der Waals surface area contributed by atoms with Gasteiger partial charge in [-0.25, -0.2) is 0 Å². The standard InChI is InChI=1S/C16H24N2O/c1-12-6-5-7-13(2)15(12)16(19)18(11-10-17)14-8-3-4-9-14/h5-7,14H,3-4,8-11,17H2,1-2H3. The third-order valence-corrected chi connectivity index (χ3v) is 4.09. The molecule has 0 spiro atoms. The molecule has 2 N–H and O–H groups in total. The largest absolute Gasteiger partial charge is 0.334 e. The molecule has 1 fully saturated rings. The Hall–Kier alpha value is -1.35. The number of amides is 1. The molecule has 1 aromatic carbocycles. The van der Waals surface area contributed by atoms with E-state index in [1.165, 1.54) is 12.8 Å². The van der Waals surface area contributed by atoms with Gasteiger partial charge in [0.2, 0.25) is 0 Å². The van der Waals surface area contributed by atoms with Gasteiger partial charge in [-0.2, -0.15) is 0 Å². The second kappa shape index (κ2) is 6.20. The summed E-state index contributed by atoms with van der Waals surface area (Å²) in [4.78, 5) is 14.8. The zero-order valence-corrected chi connectivity index (χ0v) is 12.0. The lowest BCUT2D eigenvalue weighted by atomic mass is 10.0. The molecule has 3 heteroatoms. The number of hydrogen-bond acceptors (Lipinski definition) is 2. The minimum Gasteiger partial charge on any atom is -0.334 e. The molecule has 0 saturated heterocycles. The topological polar surface area (TPSA) is 46.3 Å². The van der Waals surface area contributed by atoms with Crippen LogP contribution >= 0.6 is 0 Å². The molecule has 0 aliphatic heterocycles. The average Bonchev–Trinajstić information content (AvgIpc) is 2.89. The highest BCUT2D eigenvalue weighted by Gasteiger charge is 2.28. The minimum absolute atomic E-state index is 0.160. The van der Waals surface area contributed by atoms with E-state index in [9.17, 15) is 4.79 Å². The normalized spacial score (nSPS) is 15.7. The van der Waals surface area contributed by atoms with Crippen molar-refractivity contribution < 1.29 is 4.79 Å². The van der Waals surface area contributed by atoms with Crippen molar-refractivity contribution in [3.8, 4) is 0 Å². The Balaban J connectivity index is 2.28. The third-order valence-electron chi connectivity index (χ3n) is 4.09. The SMILES string of the molecule is Cc1cccc(C)c1C(=O)N(CCN)C1CCCC1. The smallest absolute Gasteiger partial charge is 0.254 e. The van der Waals surface area contributed by atoms with Crippen molar-refractivity contribution in [2.45, 2.75) is 45.6 Å². The first-order chi connectivity index (χ1) is 9.15. The Morgan fingerprint density at radius 3 is 2.37 bits per heavy atom. The number of nitrogens with zero attached hydrogens (tertiary/aromatic N) is 1. The van der Waals surface area contributed by atoms with Crippen molar-refractivity contribution in [3.63, 3.8) is 0 Å². The molecule has 1 aromatic rings. The summed E-state index contributed by atoms with van der Waals surface area (Å²) in [6.07, 6.45) is 4.70. The zero-order chi connectivity index (χ0) is 13.8. The van der Waals surface area contributed by atoms with Crippen LogP contribution < -0.4 is 5.73 Å². The Kier molecular flexibility index (Phi) is 4.59. The molecule has 0 radical (unpaired) electrons. The Labute approximate surface area is 115 Å². The van der Waals surface area contributed by atoms with Gasteiger partial charge in [-0.3, -0.25) is 4.79 Å². The van der Waals surface area contributed by atoms with E-state index in [2.05, 4.69) is 0 Å². The van der Waals surface area contributed by atoms with Crippen LogP contribution in [0.2, 0.25) is 0 Å². The maximum Gasteiger partial charge on any atom is 0.254 e. The summed E-state index contributed by atoms with van der Waals surface area (Å²) in [5, 5.41) is 0. The van der Waals surface area contributed by atoms with E-state index >= 15 is 0 Å². The highest BCUT2D eigenvalue weighted by Crippen LogP contribution is 2.26. The number of nitrogens with two attached hydrogens (primary N) is 1. The van der Waals surface area contributed by atoms with E-state index in [0.29, 0.717) is 19.1 Å². The van der Waals surface area contributed by atoms with Crippen molar-refractivity contribution in [1.82, 2.24) is 4.90 Å². The molecule has 0 aromatic heterocycles. The second-order valence-corrected chi connectivity index (χ2v) is 5.49. The highest BCUT2D eigenvalue weighted by atomic mass is 16.2. The third kappa shape index (κ3) is 2.98. The number of aryl methyl sites for hydroxylation is 2. The quantitative estimate of drug-likeness (QED) is 0.904. The predicted octanol–water partition coefficient (Wildman–Crippen LogP) is 2.65. The maximum absolute atomic E-state index is 12.8. The maximum atomic E-state index is 12.8.